The third kappa shape index (κ3) is 4.42. The van der Waals surface area contributed by atoms with Crippen LogP contribution in [0.5, 0.6) is 11.6 Å². The number of aromatic nitrogens is 1. The van der Waals surface area contributed by atoms with Gasteiger partial charge in [-0.3, -0.25) is 4.79 Å². The Kier molecular flexibility index (Phi) is 5.10. The van der Waals surface area contributed by atoms with Crippen molar-refractivity contribution in [3.8, 4) is 11.6 Å². The van der Waals surface area contributed by atoms with Crippen LogP contribution in [0.15, 0.2) is 41.0 Å². The molecule has 21 heavy (non-hydrogen) atoms. The van der Waals surface area contributed by atoms with Gasteiger partial charge in [-0.05, 0) is 24.3 Å². The highest BCUT2D eigenvalue weighted by Gasteiger charge is 2.08. The second kappa shape index (κ2) is 7.03. The molecule has 7 heteroatoms. The van der Waals surface area contributed by atoms with Crippen molar-refractivity contribution in [2.75, 3.05) is 19.0 Å². The van der Waals surface area contributed by atoms with Gasteiger partial charge >= 0.3 is 0 Å². The monoisotopic (exact) mass is 354 g/mol. The molecule has 0 aliphatic carbocycles. The lowest BCUT2D eigenvalue weighted by Crippen LogP contribution is -2.20. The smallest absolute Gasteiger partial charge is 0.262 e. The molecule has 0 unspecified atom stereocenters. The summed E-state index contributed by atoms with van der Waals surface area (Å²) < 4.78 is 24.1. The van der Waals surface area contributed by atoms with Crippen molar-refractivity contribution in [1.82, 2.24) is 4.98 Å². The van der Waals surface area contributed by atoms with E-state index in [0.29, 0.717) is 16.0 Å². The summed E-state index contributed by atoms with van der Waals surface area (Å²) in [6.07, 6.45) is 1.46. The Balaban J connectivity index is 1.89. The molecule has 1 N–H and O–H groups in total. The summed E-state index contributed by atoms with van der Waals surface area (Å²) in [6, 6.07) is 7.60. The largest absolute Gasteiger partial charge is 0.481 e. The number of halogens is 2. The molecular weight excluding hydrogens is 343 g/mol. The van der Waals surface area contributed by atoms with Gasteiger partial charge in [0.2, 0.25) is 5.88 Å². The molecule has 2 rings (SSSR count). The predicted molar refractivity (Wildman–Crippen MR) is 79.0 cm³/mol. The molecule has 1 heterocycles. The fourth-order valence-corrected chi connectivity index (χ4v) is 1.84. The van der Waals surface area contributed by atoms with Crippen molar-refractivity contribution in [3.05, 3.63) is 46.8 Å². The second-order valence-corrected chi connectivity index (χ2v) is 4.92. The number of benzene rings is 1. The number of nitrogens with one attached hydrogen (secondary N) is 1. The fourth-order valence-electron chi connectivity index (χ4n) is 1.51. The van der Waals surface area contributed by atoms with Gasteiger partial charge in [0.1, 0.15) is 0 Å². The zero-order chi connectivity index (χ0) is 15.2. The van der Waals surface area contributed by atoms with Crippen molar-refractivity contribution in [2.24, 2.45) is 0 Å². The minimum atomic E-state index is -0.539. The number of anilines is 1. The van der Waals surface area contributed by atoms with Crippen molar-refractivity contribution in [1.29, 1.82) is 0 Å². The van der Waals surface area contributed by atoms with Gasteiger partial charge in [-0.15, -0.1) is 0 Å². The number of methoxy groups -OCH3 is 1. The number of carbonyl (C=O) groups excluding carboxylic acids is 1. The van der Waals surface area contributed by atoms with Gasteiger partial charge in [0.15, 0.2) is 18.2 Å². The maximum Gasteiger partial charge on any atom is 0.262 e. The number of ether oxygens (including phenoxy) is 2. The Labute approximate surface area is 129 Å². The molecule has 0 saturated carbocycles. The van der Waals surface area contributed by atoms with Crippen LogP contribution in [0.25, 0.3) is 0 Å². The average Bonchev–Trinajstić information content (AvgIpc) is 2.47. The SMILES string of the molecule is COc1ccc(NC(=O)COc2ccc(Br)cc2F)cn1. The summed E-state index contributed by atoms with van der Waals surface area (Å²) in [7, 11) is 1.50. The van der Waals surface area contributed by atoms with Crippen LogP contribution in [0, 0.1) is 5.82 Å². The summed E-state index contributed by atoms with van der Waals surface area (Å²) in [5.74, 6) is -0.491. The molecule has 0 aliphatic rings. The third-order valence-electron chi connectivity index (χ3n) is 2.48. The van der Waals surface area contributed by atoms with Crippen LogP contribution in [0.3, 0.4) is 0 Å². The van der Waals surface area contributed by atoms with E-state index in [1.165, 1.54) is 25.4 Å². The van der Waals surface area contributed by atoms with Crippen LogP contribution in [0.1, 0.15) is 0 Å². The number of amides is 1. The van der Waals surface area contributed by atoms with E-state index in [1.54, 1.807) is 18.2 Å². The maximum absolute atomic E-state index is 13.5. The van der Waals surface area contributed by atoms with Crippen molar-refractivity contribution >= 4 is 27.5 Å². The van der Waals surface area contributed by atoms with E-state index in [2.05, 4.69) is 26.2 Å². The molecule has 1 aromatic heterocycles. The quantitative estimate of drug-likeness (QED) is 0.896. The average molecular weight is 355 g/mol. The summed E-state index contributed by atoms with van der Waals surface area (Å²) >= 11 is 3.14. The lowest BCUT2D eigenvalue weighted by atomic mass is 10.3. The normalized spacial score (nSPS) is 10.0. The molecule has 0 radical (unpaired) electrons. The molecule has 110 valence electrons. The summed E-state index contributed by atoms with van der Waals surface area (Å²) in [6.45, 7) is -0.301. The van der Waals surface area contributed by atoms with E-state index in [1.807, 2.05) is 0 Å². The minimum absolute atomic E-state index is 0.0150. The zero-order valence-electron chi connectivity index (χ0n) is 11.1. The molecule has 5 nitrogen and oxygen atoms in total. The molecule has 1 aromatic carbocycles. The lowest BCUT2D eigenvalue weighted by Gasteiger charge is -2.08. The summed E-state index contributed by atoms with van der Waals surface area (Å²) in [4.78, 5) is 15.6. The van der Waals surface area contributed by atoms with E-state index >= 15 is 0 Å². The summed E-state index contributed by atoms with van der Waals surface area (Å²) in [5, 5.41) is 2.58. The number of carbonyl (C=O) groups is 1. The standard InChI is InChI=1S/C14H12BrFN2O3/c1-20-14-5-3-10(7-17-14)18-13(19)8-21-12-4-2-9(15)6-11(12)16/h2-7H,8H2,1H3,(H,18,19). The van der Waals surface area contributed by atoms with Gasteiger partial charge in [0.05, 0.1) is 19.0 Å². The van der Waals surface area contributed by atoms with Crippen LogP contribution >= 0.6 is 15.9 Å². The Morgan fingerprint density at radius 1 is 1.38 bits per heavy atom. The minimum Gasteiger partial charge on any atom is -0.481 e. The molecule has 0 spiro atoms. The van der Waals surface area contributed by atoms with Crippen LogP contribution in [-0.4, -0.2) is 24.6 Å². The number of hydrogen-bond donors (Lipinski definition) is 1. The Morgan fingerprint density at radius 2 is 2.19 bits per heavy atom. The van der Waals surface area contributed by atoms with Gasteiger partial charge in [-0.25, -0.2) is 9.37 Å². The van der Waals surface area contributed by atoms with Crippen molar-refractivity contribution < 1.29 is 18.7 Å². The first-order chi connectivity index (χ1) is 10.1. The number of hydrogen-bond acceptors (Lipinski definition) is 4. The Bertz CT molecular complexity index is 635. The van der Waals surface area contributed by atoms with E-state index < -0.39 is 11.7 Å². The van der Waals surface area contributed by atoms with Gasteiger partial charge in [0, 0.05) is 10.5 Å². The first-order valence-electron chi connectivity index (χ1n) is 5.96. The Hall–Kier alpha value is -2.15. The Morgan fingerprint density at radius 3 is 2.81 bits per heavy atom. The maximum atomic E-state index is 13.5. The molecule has 0 aliphatic heterocycles. The zero-order valence-corrected chi connectivity index (χ0v) is 12.7. The van der Waals surface area contributed by atoms with E-state index in [9.17, 15) is 9.18 Å². The van der Waals surface area contributed by atoms with Crippen molar-refractivity contribution in [3.63, 3.8) is 0 Å². The van der Waals surface area contributed by atoms with Gasteiger partial charge in [-0.1, -0.05) is 15.9 Å². The van der Waals surface area contributed by atoms with Gasteiger partial charge < -0.3 is 14.8 Å². The number of rotatable bonds is 5. The highest BCUT2D eigenvalue weighted by Crippen LogP contribution is 2.21. The van der Waals surface area contributed by atoms with E-state index in [-0.39, 0.29) is 12.4 Å². The topological polar surface area (TPSA) is 60.5 Å². The van der Waals surface area contributed by atoms with Gasteiger partial charge in [-0.2, -0.15) is 0 Å². The molecular formula is C14H12BrFN2O3. The molecule has 1 amide bonds. The van der Waals surface area contributed by atoms with Crippen LogP contribution in [0.4, 0.5) is 10.1 Å². The number of nitrogens with zero attached hydrogens (tertiary/aromatic N) is 1. The van der Waals surface area contributed by atoms with Crippen molar-refractivity contribution in [2.45, 2.75) is 0 Å². The van der Waals surface area contributed by atoms with Gasteiger partial charge in [0.25, 0.3) is 5.91 Å². The third-order valence-corrected chi connectivity index (χ3v) is 2.98. The molecule has 2 aromatic rings. The number of pyridine rings is 1. The fraction of sp³-hybridized carbons (Fsp3) is 0.143. The van der Waals surface area contributed by atoms with E-state index in [4.69, 9.17) is 9.47 Å². The lowest BCUT2D eigenvalue weighted by molar-refractivity contribution is -0.118. The summed E-state index contributed by atoms with van der Waals surface area (Å²) in [5.41, 5.74) is 0.501. The first kappa shape index (κ1) is 15.2. The van der Waals surface area contributed by atoms with Crippen LogP contribution in [0.2, 0.25) is 0 Å². The second-order valence-electron chi connectivity index (χ2n) is 4.00. The molecule has 0 bridgehead atoms. The highest BCUT2D eigenvalue weighted by molar-refractivity contribution is 9.10. The molecule has 0 fully saturated rings. The van der Waals surface area contributed by atoms with Crippen LogP contribution < -0.4 is 14.8 Å². The molecule has 0 saturated heterocycles. The predicted octanol–water partition coefficient (Wildman–Crippen LogP) is 3.01. The first-order valence-corrected chi connectivity index (χ1v) is 6.75. The molecule has 0 atom stereocenters. The van der Waals surface area contributed by atoms with Crippen LogP contribution in [-0.2, 0) is 4.79 Å². The van der Waals surface area contributed by atoms with E-state index in [0.717, 1.165) is 0 Å². The highest BCUT2D eigenvalue weighted by atomic mass is 79.9.